The molecule has 1 aliphatic rings. The summed E-state index contributed by atoms with van der Waals surface area (Å²) in [6.07, 6.45) is 1.82. The molecule has 0 spiro atoms. The molecule has 0 N–H and O–H groups in total. The first-order valence-electron chi connectivity index (χ1n) is 10.3. The van der Waals surface area contributed by atoms with E-state index in [1.807, 2.05) is 41.3 Å². The quantitative estimate of drug-likeness (QED) is 0.672. The first-order chi connectivity index (χ1) is 14.2. The molecule has 0 bridgehead atoms. The van der Waals surface area contributed by atoms with Crippen LogP contribution < -0.4 is 10.5 Å². The largest absolute Gasteiger partial charge is 0.368 e. The number of carbonyl (C=O) groups excluding carboxylic acids is 1. The topological polar surface area (TPSA) is 58.4 Å². The van der Waals surface area contributed by atoms with Gasteiger partial charge in [0.25, 0.3) is 11.5 Å². The molecule has 6 heteroatoms. The maximum atomic E-state index is 13.3. The zero-order valence-electron chi connectivity index (χ0n) is 16.8. The summed E-state index contributed by atoms with van der Waals surface area (Å²) in [5.41, 5.74) is 1.43. The number of hydrogen-bond acceptors (Lipinski definition) is 4. The number of carbonyl (C=O) groups is 1. The van der Waals surface area contributed by atoms with Crippen LogP contribution in [-0.4, -0.2) is 46.8 Å². The second-order valence-electron chi connectivity index (χ2n) is 7.39. The minimum atomic E-state index is -0.125. The van der Waals surface area contributed by atoms with E-state index in [0.29, 0.717) is 36.1 Å². The highest BCUT2D eigenvalue weighted by atomic mass is 16.2. The number of hydrogen-bond donors (Lipinski definition) is 0. The number of unbranched alkanes of at least 4 members (excludes halogenated alkanes) is 1. The van der Waals surface area contributed by atoms with Crippen LogP contribution >= 0.6 is 0 Å². The second kappa shape index (κ2) is 8.47. The Labute approximate surface area is 170 Å². The van der Waals surface area contributed by atoms with E-state index in [-0.39, 0.29) is 11.5 Å². The lowest BCUT2D eigenvalue weighted by molar-refractivity contribution is 0.0740. The number of rotatable bonds is 5. The Hall–Kier alpha value is -3.15. The number of aromatic nitrogens is 2. The first-order valence-corrected chi connectivity index (χ1v) is 10.3. The van der Waals surface area contributed by atoms with E-state index in [1.165, 1.54) is 10.4 Å². The Morgan fingerprint density at radius 2 is 1.59 bits per heavy atom. The summed E-state index contributed by atoms with van der Waals surface area (Å²) in [7, 11) is 0. The lowest BCUT2D eigenvalue weighted by atomic mass is 10.1. The summed E-state index contributed by atoms with van der Waals surface area (Å²) >= 11 is 0. The number of nitrogens with zero attached hydrogens (tertiary/aromatic N) is 4. The summed E-state index contributed by atoms with van der Waals surface area (Å²) in [6.45, 7) is 5.44. The molecule has 2 heterocycles. The molecule has 150 valence electrons. The number of fused-ring (bicyclic) bond motifs is 1. The fraction of sp³-hybridized carbons (Fsp3) is 0.348. The molecule has 3 aromatic rings. The van der Waals surface area contributed by atoms with Gasteiger partial charge < -0.3 is 9.80 Å². The number of aryl methyl sites for hydroxylation is 1. The number of para-hydroxylation sites is 1. The van der Waals surface area contributed by atoms with Crippen LogP contribution in [0.1, 0.15) is 30.3 Å². The van der Waals surface area contributed by atoms with Crippen molar-refractivity contribution in [3.8, 4) is 0 Å². The molecule has 1 saturated heterocycles. The van der Waals surface area contributed by atoms with Gasteiger partial charge in [0.05, 0.1) is 5.39 Å². The molecule has 1 amide bonds. The minimum Gasteiger partial charge on any atom is -0.368 e. The van der Waals surface area contributed by atoms with Crippen molar-refractivity contribution in [1.82, 2.24) is 14.7 Å². The highest BCUT2D eigenvalue weighted by Crippen LogP contribution is 2.19. The minimum absolute atomic E-state index is 0.0980. The molecular formula is C23H26N4O2. The van der Waals surface area contributed by atoms with Crippen molar-refractivity contribution in [2.45, 2.75) is 26.3 Å². The summed E-state index contributed by atoms with van der Waals surface area (Å²) in [6, 6.07) is 17.5. The SMILES string of the molecule is CCCCn1nc(C(=O)N2CCN(c3ccccc3)CC2)c2ccccc2c1=O. The Kier molecular flexibility index (Phi) is 5.60. The average Bonchev–Trinajstić information content (AvgIpc) is 2.79. The van der Waals surface area contributed by atoms with Gasteiger partial charge in [0.1, 0.15) is 0 Å². The number of amides is 1. The van der Waals surface area contributed by atoms with Gasteiger partial charge in [0.15, 0.2) is 5.69 Å². The third-order valence-electron chi connectivity index (χ3n) is 5.48. The molecule has 2 aromatic carbocycles. The number of anilines is 1. The van der Waals surface area contributed by atoms with Crippen LogP contribution in [0.25, 0.3) is 10.8 Å². The van der Waals surface area contributed by atoms with E-state index in [9.17, 15) is 9.59 Å². The van der Waals surface area contributed by atoms with Crippen LogP contribution in [0.5, 0.6) is 0 Å². The van der Waals surface area contributed by atoms with E-state index in [4.69, 9.17) is 0 Å². The van der Waals surface area contributed by atoms with Gasteiger partial charge >= 0.3 is 0 Å². The Morgan fingerprint density at radius 1 is 0.931 bits per heavy atom. The van der Waals surface area contributed by atoms with Crippen molar-refractivity contribution in [2.24, 2.45) is 0 Å². The van der Waals surface area contributed by atoms with Gasteiger partial charge in [-0.15, -0.1) is 0 Å². The fourth-order valence-corrected chi connectivity index (χ4v) is 3.81. The van der Waals surface area contributed by atoms with E-state index in [2.05, 4.69) is 29.1 Å². The molecule has 1 aromatic heterocycles. The van der Waals surface area contributed by atoms with E-state index in [0.717, 1.165) is 25.9 Å². The number of piperazine rings is 1. The second-order valence-corrected chi connectivity index (χ2v) is 7.39. The highest BCUT2D eigenvalue weighted by molar-refractivity contribution is 6.04. The van der Waals surface area contributed by atoms with Gasteiger partial charge in [0.2, 0.25) is 0 Å². The van der Waals surface area contributed by atoms with E-state index in [1.54, 1.807) is 6.07 Å². The Morgan fingerprint density at radius 3 is 2.28 bits per heavy atom. The van der Waals surface area contributed by atoms with Gasteiger partial charge in [-0.2, -0.15) is 5.10 Å². The Balaban J connectivity index is 1.60. The van der Waals surface area contributed by atoms with E-state index >= 15 is 0 Å². The van der Waals surface area contributed by atoms with Gasteiger partial charge in [-0.05, 0) is 24.6 Å². The fourth-order valence-electron chi connectivity index (χ4n) is 3.81. The monoisotopic (exact) mass is 390 g/mol. The lowest BCUT2D eigenvalue weighted by Gasteiger charge is -2.36. The van der Waals surface area contributed by atoms with Crippen LogP contribution in [0.4, 0.5) is 5.69 Å². The van der Waals surface area contributed by atoms with Gasteiger partial charge in [0, 0.05) is 43.8 Å². The third-order valence-corrected chi connectivity index (χ3v) is 5.48. The molecule has 0 unspecified atom stereocenters. The van der Waals surface area contributed by atoms with Crippen LogP contribution in [0, 0.1) is 0 Å². The van der Waals surface area contributed by atoms with Crippen LogP contribution in [0.15, 0.2) is 59.4 Å². The van der Waals surface area contributed by atoms with Crippen molar-refractivity contribution in [3.05, 3.63) is 70.6 Å². The van der Waals surface area contributed by atoms with Crippen molar-refractivity contribution < 1.29 is 4.79 Å². The molecular weight excluding hydrogens is 364 g/mol. The summed E-state index contributed by atoms with van der Waals surface area (Å²) in [4.78, 5) is 30.2. The molecule has 4 rings (SSSR count). The van der Waals surface area contributed by atoms with Crippen LogP contribution in [0.3, 0.4) is 0 Å². The van der Waals surface area contributed by atoms with Gasteiger partial charge in [-0.1, -0.05) is 49.7 Å². The number of benzene rings is 2. The molecule has 29 heavy (non-hydrogen) atoms. The van der Waals surface area contributed by atoms with Gasteiger partial charge in [-0.3, -0.25) is 9.59 Å². The molecule has 6 nitrogen and oxygen atoms in total. The maximum absolute atomic E-state index is 13.3. The standard InChI is InChI=1S/C23H26N4O2/c1-2-3-13-27-22(28)20-12-8-7-11-19(20)21(24-27)23(29)26-16-14-25(15-17-26)18-9-5-4-6-10-18/h4-12H,2-3,13-17H2,1H3. The van der Waals surface area contributed by atoms with Crippen molar-refractivity contribution >= 4 is 22.4 Å². The molecule has 0 aliphatic carbocycles. The molecule has 1 aliphatic heterocycles. The average molecular weight is 390 g/mol. The third kappa shape index (κ3) is 3.88. The Bertz CT molecular complexity index is 1050. The normalized spacial score (nSPS) is 14.4. The van der Waals surface area contributed by atoms with E-state index < -0.39 is 0 Å². The maximum Gasteiger partial charge on any atom is 0.275 e. The molecule has 0 saturated carbocycles. The first kappa shape index (κ1) is 19.2. The molecule has 1 fully saturated rings. The van der Waals surface area contributed by atoms with Gasteiger partial charge in [-0.25, -0.2) is 4.68 Å². The van der Waals surface area contributed by atoms with Crippen LogP contribution in [0.2, 0.25) is 0 Å². The van der Waals surface area contributed by atoms with Crippen molar-refractivity contribution in [1.29, 1.82) is 0 Å². The molecule has 0 radical (unpaired) electrons. The molecule has 0 atom stereocenters. The highest BCUT2D eigenvalue weighted by Gasteiger charge is 2.25. The zero-order valence-corrected chi connectivity index (χ0v) is 16.8. The predicted molar refractivity (Wildman–Crippen MR) is 115 cm³/mol. The van der Waals surface area contributed by atoms with Crippen molar-refractivity contribution in [2.75, 3.05) is 31.1 Å². The van der Waals surface area contributed by atoms with Crippen LogP contribution in [-0.2, 0) is 6.54 Å². The summed E-state index contributed by atoms with van der Waals surface area (Å²) in [5, 5.41) is 5.69. The smallest absolute Gasteiger partial charge is 0.275 e. The summed E-state index contributed by atoms with van der Waals surface area (Å²) in [5.74, 6) is -0.0980. The summed E-state index contributed by atoms with van der Waals surface area (Å²) < 4.78 is 1.46. The predicted octanol–water partition coefficient (Wildman–Crippen LogP) is 3.16. The lowest BCUT2D eigenvalue weighted by Crippen LogP contribution is -2.49. The van der Waals surface area contributed by atoms with Crippen molar-refractivity contribution in [3.63, 3.8) is 0 Å². The zero-order chi connectivity index (χ0) is 20.2.